The van der Waals surface area contributed by atoms with Gasteiger partial charge in [0.25, 0.3) is 0 Å². The van der Waals surface area contributed by atoms with E-state index in [1.165, 1.54) is 0 Å². The summed E-state index contributed by atoms with van der Waals surface area (Å²) in [6.45, 7) is 0. The second kappa shape index (κ2) is 4.73. The van der Waals surface area contributed by atoms with Crippen molar-refractivity contribution in [3.8, 4) is 11.3 Å². The fourth-order valence-electron chi connectivity index (χ4n) is 1.42. The number of rotatable bonds is 2. The van der Waals surface area contributed by atoms with Gasteiger partial charge in [-0.1, -0.05) is 29.3 Å². The Bertz CT molecular complexity index is 512. The first-order valence-corrected chi connectivity index (χ1v) is 5.56. The van der Waals surface area contributed by atoms with Crippen LogP contribution < -0.4 is 5.32 Å². The van der Waals surface area contributed by atoms with E-state index in [2.05, 4.69) is 10.3 Å². The van der Waals surface area contributed by atoms with Gasteiger partial charge >= 0.3 is 0 Å². The van der Waals surface area contributed by atoms with Crippen molar-refractivity contribution >= 4 is 29.0 Å². The summed E-state index contributed by atoms with van der Waals surface area (Å²) in [6, 6.07) is 11.1. The maximum absolute atomic E-state index is 6.11. The van der Waals surface area contributed by atoms with E-state index in [-0.39, 0.29) is 0 Å². The van der Waals surface area contributed by atoms with Crippen LogP contribution in [0.1, 0.15) is 0 Å². The zero-order chi connectivity index (χ0) is 11.5. The van der Waals surface area contributed by atoms with Crippen molar-refractivity contribution in [1.29, 1.82) is 0 Å². The number of hydrogen-bond donors (Lipinski definition) is 1. The van der Waals surface area contributed by atoms with Crippen LogP contribution in [0.15, 0.2) is 36.4 Å². The molecule has 1 aromatic heterocycles. The molecule has 0 radical (unpaired) electrons. The summed E-state index contributed by atoms with van der Waals surface area (Å²) < 4.78 is 0. The highest BCUT2D eigenvalue weighted by Gasteiger charge is 2.06. The molecule has 2 nitrogen and oxygen atoms in total. The molecular weight excluding hydrogens is 243 g/mol. The monoisotopic (exact) mass is 252 g/mol. The highest BCUT2D eigenvalue weighted by molar-refractivity contribution is 6.35. The molecule has 0 saturated heterocycles. The molecule has 0 saturated carbocycles. The molecule has 0 atom stereocenters. The van der Waals surface area contributed by atoms with Crippen LogP contribution in [-0.2, 0) is 0 Å². The molecule has 0 amide bonds. The average Bonchev–Trinajstić information content (AvgIpc) is 2.32. The van der Waals surface area contributed by atoms with Gasteiger partial charge in [0.05, 0.1) is 10.7 Å². The highest BCUT2D eigenvalue weighted by atomic mass is 35.5. The fraction of sp³-hybridized carbons (Fsp3) is 0.0833. The van der Waals surface area contributed by atoms with E-state index in [9.17, 15) is 0 Å². The zero-order valence-corrected chi connectivity index (χ0v) is 10.2. The van der Waals surface area contributed by atoms with Crippen LogP contribution in [0.5, 0.6) is 0 Å². The number of anilines is 1. The van der Waals surface area contributed by atoms with Gasteiger partial charge in [0.2, 0.25) is 0 Å². The van der Waals surface area contributed by atoms with Gasteiger partial charge in [-0.05, 0) is 30.3 Å². The second-order valence-electron chi connectivity index (χ2n) is 3.28. The largest absolute Gasteiger partial charge is 0.373 e. The maximum Gasteiger partial charge on any atom is 0.126 e. The summed E-state index contributed by atoms with van der Waals surface area (Å²) >= 11 is 12.0. The standard InChI is InChI=1S/C12H10Cl2N2/c1-15-12-4-2-3-11(16-12)9-7-8(13)5-6-10(9)14/h2-7H,1H3,(H,15,16). The second-order valence-corrected chi connectivity index (χ2v) is 4.13. The molecule has 0 fully saturated rings. The molecule has 1 heterocycles. The minimum absolute atomic E-state index is 0.644. The number of halogens is 2. The summed E-state index contributed by atoms with van der Waals surface area (Å²) in [7, 11) is 1.83. The average molecular weight is 253 g/mol. The van der Waals surface area contributed by atoms with E-state index in [0.717, 1.165) is 17.1 Å². The van der Waals surface area contributed by atoms with E-state index in [0.29, 0.717) is 10.0 Å². The van der Waals surface area contributed by atoms with Gasteiger partial charge in [-0.3, -0.25) is 0 Å². The number of pyridine rings is 1. The summed E-state index contributed by atoms with van der Waals surface area (Å²) in [5.41, 5.74) is 1.64. The molecule has 0 unspecified atom stereocenters. The topological polar surface area (TPSA) is 24.9 Å². The predicted octanol–water partition coefficient (Wildman–Crippen LogP) is 4.10. The lowest BCUT2D eigenvalue weighted by Crippen LogP contribution is -1.93. The van der Waals surface area contributed by atoms with Gasteiger partial charge in [-0.2, -0.15) is 0 Å². The molecule has 0 aliphatic heterocycles. The summed E-state index contributed by atoms with van der Waals surface area (Å²) in [5.74, 6) is 0.800. The Labute approximate surface area is 104 Å². The molecule has 1 N–H and O–H groups in total. The van der Waals surface area contributed by atoms with Crippen molar-refractivity contribution in [2.75, 3.05) is 12.4 Å². The first kappa shape index (κ1) is 11.2. The van der Waals surface area contributed by atoms with Gasteiger partial charge in [0.1, 0.15) is 5.82 Å². The van der Waals surface area contributed by atoms with Crippen LogP contribution in [0.25, 0.3) is 11.3 Å². The van der Waals surface area contributed by atoms with Crippen LogP contribution in [0, 0.1) is 0 Å². The quantitative estimate of drug-likeness (QED) is 0.871. The molecule has 0 aliphatic carbocycles. The van der Waals surface area contributed by atoms with Crippen molar-refractivity contribution in [1.82, 2.24) is 4.98 Å². The molecule has 2 aromatic rings. The molecule has 0 bridgehead atoms. The molecule has 82 valence electrons. The number of benzene rings is 1. The zero-order valence-electron chi connectivity index (χ0n) is 8.67. The summed E-state index contributed by atoms with van der Waals surface area (Å²) in [6.07, 6.45) is 0. The Morgan fingerprint density at radius 3 is 2.69 bits per heavy atom. The first-order chi connectivity index (χ1) is 7.70. The third kappa shape index (κ3) is 2.29. The minimum atomic E-state index is 0.644. The summed E-state index contributed by atoms with van der Waals surface area (Å²) in [5, 5.41) is 4.28. The van der Waals surface area contributed by atoms with Crippen LogP contribution >= 0.6 is 23.2 Å². The van der Waals surface area contributed by atoms with E-state index in [1.54, 1.807) is 12.1 Å². The lowest BCUT2D eigenvalue weighted by molar-refractivity contribution is 1.29. The van der Waals surface area contributed by atoms with E-state index in [1.807, 2.05) is 31.3 Å². The fourth-order valence-corrected chi connectivity index (χ4v) is 1.80. The van der Waals surface area contributed by atoms with Gasteiger partial charge in [0.15, 0.2) is 0 Å². The van der Waals surface area contributed by atoms with E-state index >= 15 is 0 Å². The van der Waals surface area contributed by atoms with Gasteiger partial charge in [0, 0.05) is 17.6 Å². The van der Waals surface area contributed by atoms with Gasteiger partial charge in [-0.25, -0.2) is 4.98 Å². The Kier molecular flexibility index (Phi) is 3.32. The Morgan fingerprint density at radius 1 is 1.12 bits per heavy atom. The van der Waals surface area contributed by atoms with Crippen LogP contribution in [0.2, 0.25) is 10.0 Å². The number of nitrogens with zero attached hydrogens (tertiary/aromatic N) is 1. The Morgan fingerprint density at radius 2 is 1.94 bits per heavy atom. The van der Waals surface area contributed by atoms with Crippen LogP contribution in [0.4, 0.5) is 5.82 Å². The van der Waals surface area contributed by atoms with E-state index < -0.39 is 0 Å². The van der Waals surface area contributed by atoms with Crippen molar-refractivity contribution in [3.05, 3.63) is 46.4 Å². The third-order valence-corrected chi connectivity index (χ3v) is 2.77. The van der Waals surface area contributed by atoms with Crippen LogP contribution in [-0.4, -0.2) is 12.0 Å². The lowest BCUT2D eigenvalue weighted by atomic mass is 10.1. The minimum Gasteiger partial charge on any atom is -0.373 e. The first-order valence-electron chi connectivity index (χ1n) is 4.81. The molecule has 0 aliphatic rings. The van der Waals surface area contributed by atoms with Crippen LogP contribution in [0.3, 0.4) is 0 Å². The SMILES string of the molecule is CNc1cccc(-c2cc(Cl)ccc2Cl)n1. The predicted molar refractivity (Wildman–Crippen MR) is 69.2 cm³/mol. The van der Waals surface area contributed by atoms with E-state index in [4.69, 9.17) is 23.2 Å². The molecule has 0 spiro atoms. The Hall–Kier alpha value is -1.25. The van der Waals surface area contributed by atoms with Crippen molar-refractivity contribution in [3.63, 3.8) is 0 Å². The number of nitrogens with one attached hydrogen (secondary N) is 1. The molecular formula is C12H10Cl2N2. The van der Waals surface area contributed by atoms with Gasteiger partial charge < -0.3 is 5.32 Å². The molecule has 16 heavy (non-hydrogen) atoms. The van der Waals surface area contributed by atoms with Gasteiger partial charge in [-0.15, -0.1) is 0 Å². The summed E-state index contributed by atoms with van der Waals surface area (Å²) in [4.78, 5) is 4.41. The Balaban J connectivity index is 2.53. The third-order valence-electron chi connectivity index (χ3n) is 2.21. The highest BCUT2D eigenvalue weighted by Crippen LogP contribution is 2.29. The van der Waals surface area contributed by atoms with Crippen molar-refractivity contribution in [2.24, 2.45) is 0 Å². The van der Waals surface area contributed by atoms with Crippen molar-refractivity contribution in [2.45, 2.75) is 0 Å². The molecule has 4 heteroatoms. The maximum atomic E-state index is 6.11. The normalized spacial score (nSPS) is 10.2. The number of hydrogen-bond acceptors (Lipinski definition) is 2. The molecule has 1 aromatic carbocycles. The molecule has 2 rings (SSSR count). The lowest BCUT2D eigenvalue weighted by Gasteiger charge is -2.06. The number of aromatic nitrogens is 1. The van der Waals surface area contributed by atoms with Crippen molar-refractivity contribution < 1.29 is 0 Å². The smallest absolute Gasteiger partial charge is 0.126 e.